The van der Waals surface area contributed by atoms with Gasteiger partial charge in [0.05, 0.1) is 17.8 Å². The number of aromatic nitrogens is 3. The molecular formula is C10H11N5O4S. The van der Waals surface area contributed by atoms with Gasteiger partial charge in [0.15, 0.2) is 0 Å². The van der Waals surface area contributed by atoms with Gasteiger partial charge in [-0.1, -0.05) is 0 Å². The Kier molecular flexibility index (Phi) is 3.68. The van der Waals surface area contributed by atoms with Crippen molar-refractivity contribution >= 4 is 21.7 Å². The van der Waals surface area contributed by atoms with E-state index in [1.54, 1.807) is 0 Å². The molecule has 10 heteroatoms. The summed E-state index contributed by atoms with van der Waals surface area (Å²) >= 11 is 0. The van der Waals surface area contributed by atoms with E-state index in [0.717, 1.165) is 12.1 Å². The second kappa shape index (κ2) is 5.27. The number of nitrogens with one attached hydrogen (secondary N) is 2. The summed E-state index contributed by atoms with van der Waals surface area (Å²) in [5.74, 6) is -0.843. The van der Waals surface area contributed by atoms with Gasteiger partial charge in [0, 0.05) is 0 Å². The molecule has 0 spiro atoms. The lowest BCUT2D eigenvalue weighted by Crippen LogP contribution is -2.24. The quantitative estimate of drug-likeness (QED) is 0.546. The van der Waals surface area contributed by atoms with Crippen LogP contribution in [-0.4, -0.2) is 34.7 Å². The van der Waals surface area contributed by atoms with Gasteiger partial charge in [0.1, 0.15) is 17.0 Å². The molecule has 0 aliphatic rings. The van der Waals surface area contributed by atoms with Gasteiger partial charge < -0.3 is 10.8 Å². The third kappa shape index (κ3) is 2.92. The second-order valence-corrected chi connectivity index (χ2v) is 5.55. The molecule has 0 fully saturated rings. The number of anilines is 1. The topological polar surface area (TPSA) is 151 Å². The molecule has 0 saturated heterocycles. The van der Waals surface area contributed by atoms with E-state index in [4.69, 9.17) is 10.8 Å². The minimum Gasteiger partial charge on any atom is -0.478 e. The monoisotopic (exact) mass is 297 g/mol. The van der Waals surface area contributed by atoms with Crippen LogP contribution >= 0.6 is 0 Å². The van der Waals surface area contributed by atoms with Gasteiger partial charge >= 0.3 is 5.97 Å². The average Bonchev–Trinajstić information content (AvgIpc) is 2.89. The van der Waals surface area contributed by atoms with Crippen LogP contribution in [0.25, 0.3) is 0 Å². The van der Waals surface area contributed by atoms with E-state index in [0.29, 0.717) is 5.82 Å². The number of hydrogen-bond donors (Lipinski definition) is 4. The molecule has 1 heterocycles. The summed E-state index contributed by atoms with van der Waals surface area (Å²) in [6, 6.07) is 3.40. The number of rotatable bonds is 5. The number of carbonyl (C=O) groups is 1. The van der Waals surface area contributed by atoms with E-state index in [-0.39, 0.29) is 22.7 Å². The highest BCUT2D eigenvalue weighted by Crippen LogP contribution is 2.19. The second-order valence-electron chi connectivity index (χ2n) is 3.81. The van der Waals surface area contributed by atoms with Crippen LogP contribution in [0.5, 0.6) is 0 Å². The number of aromatic carboxylic acids is 1. The van der Waals surface area contributed by atoms with E-state index < -0.39 is 16.0 Å². The summed E-state index contributed by atoms with van der Waals surface area (Å²) in [7, 11) is -3.87. The van der Waals surface area contributed by atoms with Crippen molar-refractivity contribution in [2.45, 2.75) is 11.4 Å². The standard InChI is InChI=1S/C10H11N5O4S/c11-7-3-6(10(16)17)1-2-8(7)20(18,19)14-4-9-12-5-13-15-9/h1-3,5,14H,4,11H2,(H,16,17)(H,12,13,15). The zero-order valence-electron chi connectivity index (χ0n) is 10.1. The molecule has 2 aromatic rings. The molecule has 9 nitrogen and oxygen atoms in total. The lowest BCUT2D eigenvalue weighted by molar-refractivity contribution is 0.0697. The molecular weight excluding hydrogens is 286 g/mol. The van der Waals surface area contributed by atoms with Gasteiger partial charge in [0.25, 0.3) is 0 Å². The molecule has 0 aliphatic carbocycles. The molecule has 5 N–H and O–H groups in total. The zero-order valence-corrected chi connectivity index (χ0v) is 10.9. The van der Waals surface area contributed by atoms with Gasteiger partial charge in [-0.25, -0.2) is 22.9 Å². The first-order valence-electron chi connectivity index (χ1n) is 5.37. The molecule has 2 rings (SSSR count). The Labute approximate surface area is 113 Å². The van der Waals surface area contributed by atoms with Crippen LogP contribution in [0.4, 0.5) is 5.69 Å². The maximum atomic E-state index is 12.0. The largest absolute Gasteiger partial charge is 0.478 e. The number of H-pyrrole nitrogens is 1. The molecule has 0 unspecified atom stereocenters. The minimum atomic E-state index is -3.87. The molecule has 20 heavy (non-hydrogen) atoms. The molecule has 0 bridgehead atoms. The van der Waals surface area contributed by atoms with Crippen molar-refractivity contribution < 1.29 is 18.3 Å². The predicted octanol–water partition coefficient (Wildman–Crippen LogP) is -0.436. The van der Waals surface area contributed by atoms with Gasteiger partial charge in [-0.3, -0.25) is 5.10 Å². The maximum absolute atomic E-state index is 12.0. The van der Waals surface area contributed by atoms with Crippen LogP contribution in [0.2, 0.25) is 0 Å². The molecule has 0 aliphatic heterocycles. The highest BCUT2D eigenvalue weighted by molar-refractivity contribution is 7.89. The normalized spacial score (nSPS) is 11.4. The van der Waals surface area contributed by atoms with Crippen molar-refractivity contribution in [3.8, 4) is 0 Å². The average molecular weight is 297 g/mol. The predicted molar refractivity (Wildman–Crippen MR) is 68.2 cm³/mol. The van der Waals surface area contributed by atoms with Crippen molar-refractivity contribution in [2.75, 3.05) is 5.73 Å². The molecule has 0 atom stereocenters. The number of benzene rings is 1. The first-order chi connectivity index (χ1) is 9.40. The van der Waals surface area contributed by atoms with Crippen LogP contribution < -0.4 is 10.5 Å². The lowest BCUT2D eigenvalue weighted by Gasteiger charge is -2.08. The van der Waals surface area contributed by atoms with Crippen molar-refractivity contribution in [1.82, 2.24) is 19.9 Å². The number of sulfonamides is 1. The fourth-order valence-corrected chi connectivity index (χ4v) is 2.58. The Morgan fingerprint density at radius 3 is 2.75 bits per heavy atom. The lowest BCUT2D eigenvalue weighted by atomic mass is 10.2. The number of aromatic amines is 1. The minimum absolute atomic E-state index is 0.0809. The number of nitrogens with zero attached hydrogens (tertiary/aromatic N) is 2. The van der Waals surface area contributed by atoms with Crippen molar-refractivity contribution in [1.29, 1.82) is 0 Å². The van der Waals surface area contributed by atoms with Crippen LogP contribution in [0.15, 0.2) is 29.4 Å². The van der Waals surface area contributed by atoms with E-state index in [9.17, 15) is 13.2 Å². The van der Waals surface area contributed by atoms with E-state index in [1.165, 1.54) is 12.4 Å². The SMILES string of the molecule is Nc1cc(C(=O)O)ccc1S(=O)(=O)NCc1ncn[nH]1. The molecule has 0 radical (unpaired) electrons. The Morgan fingerprint density at radius 2 is 2.20 bits per heavy atom. The fraction of sp³-hybridized carbons (Fsp3) is 0.100. The third-order valence-corrected chi connectivity index (χ3v) is 3.92. The third-order valence-electron chi connectivity index (χ3n) is 2.44. The molecule has 0 amide bonds. The first-order valence-corrected chi connectivity index (χ1v) is 6.85. The van der Waals surface area contributed by atoms with Crippen LogP contribution in [0.1, 0.15) is 16.2 Å². The zero-order chi connectivity index (χ0) is 14.8. The Hall–Kier alpha value is -2.46. The number of carboxylic acids is 1. The first kappa shape index (κ1) is 14.0. The van der Waals surface area contributed by atoms with Gasteiger partial charge in [-0.15, -0.1) is 0 Å². The highest BCUT2D eigenvalue weighted by Gasteiger charge is 2.19. The van der Waals surface area contributed by atoms with Crippen LogP contribution in [0, 0.1) is 0 Å². The fourth-order valence-electron chi connectivity index (χ4n) is 1.48. The highest BCUT2D eigenvalue weighted by atomic mass is 32.2. The van der Waals surface area contributed by atoms with Crippen molar-refractivity contribution in [3.63, 3.8) is 0 Å². The van der Waals surface area contributed by atoms with Gasteiger partial charge in [0.2, 0.25) is 10.0 Å². The number of nitrogen functional groups attached to an aromatic ring is 1. The van der Waals surface area contributed by atoms with E-state index in [1.807, 2.05) is 0 Å². The van der Waals surface area contributed by atoms with Gasteiger partial charge in [-0.2, -0.15) is 5.10 Å². The van der Waals surface area contributed by atoms with E-state index in [2.05, 4.69) is 19.9 Å². The number of hydrogen-bond acceptors (Lipinski definition) is 6. The summed E-state index contributed by atoms with van der Waals surface area (Å²) in [6.45, 7) is -0.0809. The maximum Gasteiger partial charge on any atom is 0.335 e. The Bertz CT molecular complexity index is 726. The van der Waals surface area contributed by atoms with Gasteiger partial charge in [-0.05, 0) is 18.2 Å². The summed E-state index contributed by atoms with van der Waals surface area (Å²) in [4.78, 5) is 14.3. The summed E-state index contributed by atoms with van der Waals surface area (Å²) in [5.41, 5.74) is 5.35. The molecule has 0 saturated carbocycles. The summed E-state index contributed by atoms with van der Waals surface area (Å²) < 4.78 is 26.3. The molecule has 106 valence electrons. The number of carboxylic acid groups (broad SMARTS) is 1. The molecule has 1 aromatic heterocycles. The Balaban J connectivity index is 2.23. The van der Waals surface area contributed by atoms with Crippen LogP contribution in [0.3, 0.4) is 0 Å². The number of nitrogens with two attached hydrogens (primary N) is 1. The van der Waals surface area contributed by atoms with Crippen molar-refractivity contribution in [3.05, 3.63) is 35.9 Å². The van der Waals surface area contributed by atoms with Crippen molar-refractivity contribution in [2.24, 2.45) is 0 Å². The molecule has 1 aromatic carbocycles. The summed E-state index contributed by atoms with van der Waals surface area (Å²) in [6.07, 6.45) is 1.25. The van der Waals surface area contributed by atoms with E-state index >= 15 is 0 Å². The van der Waals surface area contributed by atoms with Crippen LogP contribution in [-0.2, 0) is 16.6 Å². The summed E-state index contributed by atoms with van der Waals surface area (Å²) in [5, 5.41) is 14.9. The smallest absolute Gasteiger partial charge is 0.335 e. The Morgan fingerprint density at radius 1 is 1.45 bits per heavy atom.